The molecule has 0 saturated heterocycles. The van der Waals surface area contributed by atoms with Crippen molar-refractivity contribution in [3.8, 4) is 11.1 Å². The molecule has 0 aliphatic heterocycles. The predicted octanol–water partition coefficient (Wildman–Crippen LogP) is 6.61. The number of benzene rings is 2. The molecule has 0 radical (unpaired) electrons. The molecular formula is C20H21F3. The summed E-state index contributed by atoms with van der Waals surface area (Å²) in [7, 11) is 0. The lowest BCUT2D eigenvalue weighted by atomic mass is 10.0. The van der Waals surface area contributed by atoms with Crippen molar-refractivity contribution in [2.24, 2.45) is 0 Å². The van der Waals surface area contributed by atoms with Crippen molar-refractivity contribution in [2.75, 3.05) is 0 Å². The van der Waals surface area contributed by atoms with E-state index in [-0.39, 0.29) is 0 Å². The maximum atomic E-state index is 13.3. The van der Waals surface area contributed by atoms with E-state index in [1.54, 1.807) is 12.1 Å². The molecule has 23 heavy (non-hydrogen) atoms. The van der Waals surface area contributed by atoms with Crippen LogP contribution in [0.3, 0.4) is 0 Å². The van der Waals surface area contributed by atoms with Crippen LogP contribution in [0.15, 0.2) is 54.9 Å². The van der Waals surface area contributed by atoms with Gasteiger partial charge in [0.1, 0.15) is 0 Å². The largest absolute Gasteiger partial charge is 0.216 e. The fraction of sp³-hybridized carbons (Fsp3) is 0.300. The minimum absolute atomic E-state index is 0.606. The number of allylic oxidation sites excluding steroid dienone is 1. The second-order valence-corrected chi connectivity index (χ2v) is 5.64. The van der Waals surface area contributed by atoms with Crippen molar-refractivity contribution < 1.29 is 13.2 Å². The number of unbranched alkanes of at least 4 members (excludes halogenated alkanes) is 4. The second-order valence-electron chi connectivity index (χ2n) is 5.64. The molecule has 2 aromatic rings. The summed E-state index contributed by atoms with van der Waals surface area (Å²) in [6.45, 7) is 0. The molecule has 0 N–H and O–H groups in total. The zero-order chi connectivity index (χ0) is 16.5. The smallest absolute Gasteiger partial charge is 0.159 e. The summed E-state index contributed by atoms with van der Waals surface area (Å²) in [5.74, 6) is -1.65. The molecule has 0 fully saturated rings. The first-order valence-electron chi connectivity index (χ1n) is 8.00. The van der Waals surface area contributed by atoms with E-state index in [1.807, 2.05) is 24.3 Å². The first-order chi connectivity index (χ1) is 11.2. The van der Waals surface area contributed by atoms with Crippen LogP contribution in [0.5, 0.6) is 0 Å². The van der Waals surface area contributed by atoms with Crippen molar-refractivity contribution >= 4 is 0 Å². The third-order valence-electron chi connectivity index (χ3n) is 3.88. The highest BCUT2D eigenvalue weighted by Crippen LogP contribution is 2.22. The standard InChI is InChI=1S/C20H21F3/c21-14-6-4-2-1-3-5-7-16-8-10-17(11-9-16)18-12-13-19(22)20(23)15-18/h6,8-15H,1-5,7H2/b14-6+. The molecule has 0 aromatic heterocycles. The third kappa shape index (κ3) is 5.59. The van der Waals surface area contributed by atoms with Crippen molar-refractivity contribution in [3.05, 3.63) is 72.1 Å². The lowest BCUT2D eigenvalue weighted by Gasteiger charge is -2.05. The van der Waals surface area contributed by atoms with Crippen LogP contribution < -0.4 is 0 Å². The fourth-order valence-corrected chi connectivity index (χ4v) is 2.55. The molecule has 2 aromatic carbocycles. The molecule has 0 nitrogen and oxygen atoms in total. The zero-order valence-electron chi connectivity index (χ0n) is 13.1. The van der Waals surface area contributed by atoms with Crippen LogP contribution in [0.25, 0.3) is 11.1 Å². The van der Waals surface area contributed by atoms with E-state index in [9.17, 15) is 13.2 Å². The summed E-state index contributed by atoms with van der Waals surface area (Å²) in [6.07, 6.45) is 8.32. The average Bonchev–Trinajstić information content (AvgIpc) is 2.57. The van der Waals surface area contributed by atoms with Crippen molar-refractivity contribution in [3.63, 3.8) is 0 Å². The van der Waals surface area contributed by atoms with E-state index in [0.717, 1.165) is 50.2 Å². The number of hydrogen-bond donors (Lipinski definition) is 0. The summed E-state index contributed by atoms with van der Waals surface area (Å²) >= 11 is 0. The molecule has 3 heteroatoms. The summed E-state index contributed by atoms with van der Waals surface area (Å²) in [5.41, 5.74) is 2.79. The van der Waals surface area contributed by atoms with Crippen LogP contribution in [-0.4, -0.2) is 0 Å². The Kier molecular flexibility index (Phi) is 6.92. The van der Waals surface area contributed by atoms with Gasteiger partial charge in [0.05, 0.1) is 6.33 Å². The molecule has 0 spiro atoms. The number of halogens is 3. The number of aryl methyl sites for hydroxylation is 1. The SMILES string of the molecule is F/C=C/CCCCCCc1ccc(-c2ccc(F)c(F)c2)cc1. The second kappa shape index (κ2) is 9.19. The molecule has 2 rings (SSSR count). The van der Waals surface area contributed by atoms with Gasteiger partial charge in [-0.05, 0) is 54.5 Å². The van der Waals surface area contributed by atoms with E-state index < -0.39 is 11.6 Å². The zero-order valence-corrected chi connectivity index (χ0v) is 13.1. The maximum Gasteiger partial charge on any atom is 0.159 e. The Labute approximate surface area is 135 Å². The summed E-state index contributed by atoms with van der Waals surface area (Å²) in [4.78, 5) is 0. The van der Waals surface area contributed by atoms with Gasteiger partial charge in [0.25, 0.3) is 0 Å². The molecule has 0 bridgehead atoms. The van der Waals surface area contributed by atoms with Crippen LogP contribution in [0.1, 0.15) is 37.7 Å². The Hall–Kier alpha value is -2.03. The van der Waals surface area contributed by atoms with Gasteiger partial charge in [-0.1, -0.05) is 49.2 Å². The molecule has 0 amide bonds. The molecule has 0 atom stereocenters. The van der Waals surface area contributed by atoms with Gasteiger partial charge >= 0.3 is 0 Å². The third-order valence-corrected chi connectivity index (χ3v) is 3.88. The monoisotopic (exact) mass is 318 g/mol. The first-order valence-corrected chi connectivity index (χ1v) is 8.00. The number of hydrogen-bond acceptors (Lipinski definition) is 0. The number of rotatable bonds is 8. The van der Waals surface area contributed by atoms with Crippen LogP contribution in [0.2, 0.25) is 0 Å². The van der Waals surface area contributed by atoms with Crippen molar-refractivity contribution in [2.45, 2.75) is 38.5 Å². The van der Waals surface area contributed by atoms with Crippen LogP contribution in [0.4, 0.5) is 13.2 Å². The summed E-state index contributed by atoms with van der Waals surface area (Å²) in [6, 6.07) is 11.9. The lowest BCUT2D eigenvalue weighted by Crippen LogP contribution is -1.88. The Morgan fingerprint density at radius 1 is 0.739 bits per heavy atom. The van der Waals surface area contributed by atoms with Gasteiger partial charge in [0.15, 0.2) is 11.6 Å². The first kappa shape index (κ1) is 17.3. The molecule has 0 unspecified atom stereocenters. The Morgan fingerprint density at radius 2 is 1.43 bits per heavy atom. The van der Waals surface area contributed by atoms with E-state index in [0.29, 0.717) is 11.9 Å². The van der Waals surface area contributed by atoms with Gasteiger partial charge in [-0.25, -0.2) is 13.2 Å². The highest BCUT2D eigenvalue weighted by Gasteiger charge is 2.04. The lowest BCUT2D eigenvalue weighted by molar-refractivity contribution is 0.509. The van der Waals surface area contributed by atoms with E-state index in [1.165, 1.54) is 11.6 Å². The highest BCUT2D eigenvalue weighted by atomic mass is 19.2. The summed E-state index contributed by atoms with van der Waals surface area (Å²) < 4.78 is 38.0. The highest BCUT2D eigenvalue weighted by molar-refractivity contribution is 5.63. The summed E-state index contributed by atoms with van der Waals surface area (Å²) in [5, 5.41) is 0. The quantitative estimate of drug-likeness (QED) is 0.480. The average molecular weight is 318 g/mol. The molecule has 0 saturated carbocycles. The van der Waals surface area contributed by atoms with Gasteiger partial charge < -0.3 is 0 Å². The Balaban J connectivity index is 1.81. The van der Waals surface area contributed by atoms with Crippen LogP contribution in [0, 0.1) is 11.6 Å². The van der Waals surface area contributed by atoms with Gasteiger partial charge in [0.2, 0.25) is 0 Å². The normalized spacial score (nSPS) is 11.3. The minimum atomic E-state index is -0.827. The maximum absolute atomic E-state index is 13.3. The van der Waals surface area contributed by atoms with E-state index in [4.69, 9.17) is 0 Å². The van der Waals surface area contributed by atoms with Gasteiger partial charge in [-0.3, -0.25) is 0 Å². The molecule has 0 heterocycles. The topological polar surface area (TPSA) is 0 Å². The van der Waals surface area contributed by atoms with Gasteiger partial charge in [0, 0.05) is 0 Å². The van der Waals surface area contributed by atoms with Crippen molar-refractivity contribution in [1.82, 2.24) is 0 Å². The minimum Gasteiger partial charge on any atom is -0.216 e. The molecule has 0 aliphatic rings. The van der Waals surface area contributed by atoms with Crippen LogP contribution in [-0.2, 0) is 6.42 Å². The van der Waals surface area contributed by atoms with Gasteiger partial charge in [-0.2, -0.15) is 0 Å². The van der Waals surface area contributed by atoms with Crippen LogP contribution >= 0.6 is 0 Å². The Bertz CT molecular complexity index is 630. The van der Waals surface area contributed by atoms with E-state index in [2.05, 4.69) is 0 Å². The molecular weight excluding hydrogens is 297 g/mol. The molecule has 122 valence electrons. The Morgan fingerprint density at radius 3 is 2.13 bits per heavy atom. The predicted molar refractivity (Wildman–Crippen MR) is 88.8 cm³/mol. The van der Waals surface area contributed by atoms with Gasteiger partial charge in [-0.15, -0.1) is 0 Å². The van der Waals surface area contributed by atoms with Crippen molar-refractivity contribution in [1.29, 1.82) is 0 Å². The van der Waals surface area contributed by atoms with E-state index >= 15 is 0 Å². The fourth-order valence-electron chi connectivity index (χ4n) is 2.55. The molecule has 0 aliphatic carbocycles.